The molecule has 0 amide bonds. The first-order valence-corrected chi connectivity index (χ1v) is 19.1. The zero-order valence-electron chi connectivity index (χ0n) is 30.7. The molecule has 0 N–H and O–H groups in total. The van der Waals surface area contributed by atoms with Gasteiger partial charge in [-0.25, -0.2) is 0 Å². The standard InChI is InChI=1S/C54H39N/c1-54(44-23-6-3-7-24-44)50-29-11-10-27-49(50)53-48(28-15-30-51(53)54)43-22-13-25-46(37-43)55(52-31-14-19-40-18-8-9-26-47(40)52)45-34-32-39(33-35-45)42-21-12-20-41(36-42)38-16-4-2-5-17-38/h2-37H,1H3. The number of hydrogen-bond acceptors (Lipinski definition) is 1. The van der Waals surface area contributed by atoms with Crippen LogP contribution in [-0.2, 0) is 5.41 Å². The normalized spacial score (nSPS) is 14.3. The van der Waals surface area contributed by atoms with Crippen LogP contribution in [-0.4, -0.2) is 0 Å². The van der Waals surface area contributed by atoms with Crippen LogP contribution in [0.1, 0.15) is 23.6 Å². The summed E-state index contributed by atoms with van der Waals surface area (Å²) in [6.45, 7) is 2.39. The predicted molar refractivity (Wildman–Crippen MR) is 232 cm³/mol. The van der Waals surface area contributed by atoms with Gasteiger partial charge in [0.05, 0.1) is 5.69 Å². The summed E-state index contributed by atoms with van der Waals surface area (Å²) >= 11 is 0. The summed E-state index contributed by atoms with van der Waals surface area (Å²) < 4.78 is 0. The molecule has 1 aliphatic carbocycles. The Balaban J connectivity index is 1.11. The highest BCUT2D eigenvalue weighted by atomic mass is 15.1. The predicted octanol–water partition coefficient (Wildman–Crippen LogP) is 14.6. The van der Waals surface area contributed by atoms with Crippen LogP contribution in [0.15, 0.2) is 218 Å². The van der Waals surface area contributed by atoms with Crippen molar-refractivity contribution in [2.75, 3.05) is 4.90 Å². The number of fused-ring (bicyclic) bond motifs is 4. The lowest BCUT2D eigenvalue weighted by Gasteiger charge is -2.28. The van der Waals surface area contributed by atoms with Crippen molar-refractivity contribution in [3.63, 3.8) is 0 Å². The van der Waals surface area contributed by atoms with Crippen LogP contribution in [0.4, 0.5) is 17.1 Å². The lowest BCUT2D eigenvalue weighted by atomic mass is 9.74. The second-order valence-electron chi connectivity index (χ2n) is 14.6. The maximum Gasteiger partial charge on any atom is 0.0540 e. The number of nitrogens with zero attached hydrogens (tertiary/aromatic N) is 1. The number of anilines is 3. The Morgan fingerprint density at radius 2 is 0.927 bits per heavy atom. The lowest BCUT2D eigenvalue weighted by molar-refractivity contribution is 0.714. The first-order valence-electron chi connectivity index (χ1n) is 19.1. The van der Waals surface area contributed by atoms with Crippen LogP contribution >= 0.6 is 0 Å². The minimum atomic E-state index is -0.252. The minimum absolute atomic E-state index is 0.252. The van der Waals surface area contributed by atoms with Crippen LogP contribution in [0.3, 0.4) is 0 Å². The van der Waals surface area contributed by atoms with Crippen molar-refractivity contribution in [3.05, 3.63) is 235 Å². The summed E-state index contributed by atoms with van der Waals surface area (Å²) in [4.78, 5) is 2.42. The maximum absolute atomic E-state index is 2.42. The molecule has 0 heterocycles. The molecule has 1 unspecified atom stereocenters. The number of hydrogen-bond donors (Lipinski definition) is 0. The van der Waals surface area contributed by atoms with Gasteiger partial charge in [0.1, 0.15) is 0 Å². The van der Waals surface area contributed by atoms with Gasteiger partial charge in [-0.2, -0.15) is 0 Å². The molecule has 10 rings (SSSR count). The number of rotatable bonds is 7. The van der Waals surface area contributed by atoms with Crippen LogP contribution < -0.4 is 4.90 Å². The summed E-state index contributed by atoms with van der Waals surface area (Å²) in [7, 11) is 0. The largest absolute Gasteiger partial charge is 0.310 e. The molecule has 1 nitrogen and oxygen atoms in total. The van der Waals surface area contributed by atoms with Gasteiger partial charge in [0.15, 0.2) is 0 Å². The molecule has 0 aliphatic heterocycles. The van der Waals surface area contributed by atoms with Gasteiger partial charge < -0.3 is 4.90 Å². The van der Waals surface area contributed by atoms with Gasteiger partial charge in [-0.3, -0.25) is 0 Å². The Bertz CT molecular complexity index is 2810. The van der Waals surface area contributed by atoms with Crippen molar-refractivity contribution in [1.29, 1.82) is 0 Å². The van der Waals surface area contributed by atoms with E-state index in [1.165, 1.54) is 72.0 Å². The zero-order valence-corrected chi connectivity index (χ0v) is 30.7. The van der Waals surface area contributed by atoms with E-state index in [2.05, 4.69) is 230 Å². The van der Waals surface area contributed by atoms with Crippen molar-refractivity contribution < 1.29 is 0 Å². The Hall–Kier alpha value is -6.96. The van der Waals surface area contributed by atoms with Crippen molar-refractivity contribution in [2.24, 2.45) is 0 Å². The Morgan fingerprint density at radius 3 is 1.75 bits per heavy atom. The third-order valence-corrected chi connectivity index (χ3v) is 11.5. The van der Waals surface area contributed by atoms with E-state index in [9.17, 15) is 0 Å². The Morgan fingerprint density at radius 1 is 0.364 bits per heavy atom. The monoisotopic (exact) mass is 701 g/mol. The van der Waals surface area contributed by atoms with Crippen molar-refractivity contribution >= 4 is 27.8 Å². The molecule has 0 radical (unpaired) electrons. The quantitative estimate of drug-likeness (QED) is 0.160. The van der Waals surface area contributed by atoms with E-state index in [0.29, 0.717) is 0 Å². The van der Waals surface area contributed by atoms with E-state index in [1.54, 1.807) is 0 Å². The highest BCUT2D eigenvalue weighted by Gasteiger charge is 2.41. The maximum atomic E-state index is 2.42. The molecule has 9 aromatic rings. The van der Waals surface area contributed by atoms with Crippen molar-refractivity contribution in [1.82, 2.24) is 0 Å². The zero-order chi connectivity index (χ0) is 36.8. The van der Waals surface area contributed by atoms with Gasteiger partial charge in [0.25, 0.3) is 0 Å². The van der Waals surface area contributed by atoms with E-state index in [-0.39, 0.29) is 5.41 Å². The third kappa shape index (κ3) is 5.56. The molecule has 55 heavy (non-hydrogen) atoms. The molecule has 0 aromatic heterocycles. The number of benzene rings is 9. The molecule has 9 aromatic carbocycles. The van der Waals surface area contributed by atoms with Crippen LogP contribution in [0, 0.1) is 0 Å². The summed E-state index contributed by atoms with van der Waals surface area (Å²) in [5.74, 6) is 0. The average Bonchev–Trinajstić information content (AvgIpc) is 3.53. The molecule has 0 bridgehead atoms. The van der Waals surface area contributed by atoms with Gasteiger partial charge in [0, 0.05) is 22.2 Å². The molecule has 1 aliphatic rings. The molecule has 0 fully saturated rings. The topological polar surface area (TPSA) is 3.24 Å². The highest BCUT2D eigenvalue weighted by Crippen LogP contribution is 2.55. The van der Waals surface area contributed by atoms with Crippen LogP contribution in [0.2, 0.25) is 0 Å². The van der Waals surface area contributed by atoms with E-state index >= 15 is 0 Å². The van der Waals surface area contributed by atoms with Gasteiger partial charge in [-0.05, 0) is 110 Å². The fourth-order valence-corrected chi connectivity index (χ4v) is 8.82. The second-order valence-corrected chi connectivity index (χ2v) is 14.6. The van der Waals surface area contributed by atoms with Crippen molar-refractivity contribution in [2.45, 2.75) is 12.3 Å². The minimum Gasteiger partial charge on any atom is -0.310 e. The van der Waals surface area contributed by atoms with Gasteiger partial charge in [-0.1, -0.05) is 182 Å². The first-order chi connectivity index (χ1) is 27.2. The first kappa shape index (κ1) is 32.7. The van der Waals surface area contributed by atoms with Crippen LogP contribution in [0.5, 0.6) is 0 Å². The Kier molecular flexibility index (Phi) is 8.00. The second kappa shape index (κ2) is 13.5. The molecular weight excluding hydrogens is 663 g/mol. The Labute approximate surface area is 323 Å². The van der Waals surface area contributed by atoms with Gasteiger partial charge >= 0.3 is 0 Å². The van der Waals surface area contributed by atoms with Crippen LogP contribution in [0.25, 0.3) is 55.3 Å². The summed E-state index contributed by atoms with van der Waals surface area (Å²) in [6.07, 6.45) is 0. The van der Waals surface area contributed by atoms with E-state index in [1.807, 2.05) is 0 Å². The summed E-state index contributed by atoms with van der Waals surface area (Å²) in [5.41, 5.74) is 17.0. The third-order valence-electron chi connectivity index (χ3n) is 11.5. The molecular formula is C54H39N. The highest BCUT2D eigenvalue weighted by molar-refractivity contribution is 6.00. The fraction of sp³-hybridized carbons (Fsp3) is 0.0370. The lowest BCUT2D eigenvalue weighted by Crippen LogP contribution is -2.22. The fourth-order valence-electron chi connectivity index (χ4n) is 8.82. The molecule has 0 saturated carbocycles. The molecule has 260 valence electrons. The molecule has 1 atom stereocenters. The molecule has 0 saturated heterocycles. The molecule has 1 heteroatoms. The summed E-state index contributed by atoms with van der Waals surface area (Å²) in [6, 6.07) is 79.7. The molecule has 0 spiro atoms. The van der Waals surface area contributed by atoms with E-state index < -0.39 is 0 Å². The SMILES string of the molecule is CC1(c2ccccc2)c2ccccc2-c2c(-c3cccc(N(c4ccc(-c5cccc(-c6ccccc6)c5)cc4)c4cccc5ccccc45)c3)cccc21. The van der Waals surface area contributed by atoms with Gasteiger partial charge in [-0.15, -0.1) is 0 Å². The van der Waals surface area contributed by atoms with E-state index in [4.69, 9.17) is 0 Å². The smallest absolute Gasteiger partial charge is 0.0540 e. The van der Waals surface area contributed by atoms with Gasteiger partial charge in [0.2, 0.25) is 0 Å². The average molecular weight is 702 g/mol. The summed E-state index contributed by atoms with van der Waals surface area (Å²) in [5, 5.41) is 2.43. The van der Waals surface area contributed by atoms with Crippen molar-refractivity contribution in [3.8, 4) is 44.5 Å². The van der Waals surface area contributed by atoms with E-state index in [0.717, 1.165) is 17.1 Å².